The summed E-state index contributed by atoms with van der Waals surface area (Å²) >= 11 is 0. The molecule has 0 amide bonds. The molecule has 0 aliphatic rings. The maximum absolute atomic E-state index is 12.4. The Hall–Kier alpha value is -1.50. The van der Waals surface area contributed by atoms with E-state index >= 15 is 0 Å². The third kappa shape index (κ3) is 1.72. The molecule has 14 heavy (non-hydrogen) atoms. The van der Waals surface area contributed by atoms with E-state index in [0.717, 1.165) is 6.07 Å². The standard InChI is InChI=1S/C10H8F3N/c1-6-3-4-9(10(11,12)13)8(5-14)7(6)2/h3-4H,1-2H3. The maximum atomic E-state index is 12.4. The first-order valence-corrected chi connectivity index (χ1v) is 3.95. The van der Waals surface area contributed by atoms with Crippen molar-refractivity contribution in [1.82, 2.24) is 0 Å². The van der Waals surface area contributed by atoms with Crippen LogP contribution in [-0.4, -0.2) is 0 Å². The van der Waals surface area contributed by atoms with Gasteiger partial charge in [0.05, 0.1) is 11.1 Å². The summed E-state index contributed by atoms with van der Waals surface area (Å²) in [6, 6.07) is 3.91. The van der Waals surface area contributed by atoms with Crippen LogP contribution < -0.4 is 0 Å². The highest BCUT2D eigenvalue weighted by atomic mass is 19.4. The fraction of sp³-hybridized carbons (Fsp3) is 0.300. The number of nitriles is 1. The van der Waals surface area contributed by atoms with Crippen LogP contribution in [0.2, 0.25) is 0 Å². The Bertz CT molecular complexity index is 399. The fourth-order valence-corrected chi connectivity index (χ4v) is 1.20. The van der Waals surface area contributed by atoms with Gasteiger partial charge in [-0.1, -0.05) is 6.07 Å². The van der Waals surface area contributed by atoms with E-state index in [2.05, 4.69) is 0 Å². The Morgan fingerprint density at radius 2 is 1.79 bits per heavy atom. The largest absolute Gasteiger partial charge is 0.417 e. The van der Waals surface area contributed by atoms with Crippen molar-refractivity contribution >= 4 is 0 Å². The van der Waals surface area contributed by atoms with Crippen molar-refractivity contribution in [1.29, 1.82) is 5.26 Å². The van der Waals surface area contributed by atoms with Gasteiger partial charge in [-0.3, -0.25) is 0 Å². The second kappa shape index (κ2) is 3.33. The van der Waals surface area contributed by atoms with Crippen molar-refractivity contribution in [3.05, 3.63) is 34.4 Å². The molecule has 0 spiro atoms. The second-order valence-electron chi connectivity index (χ2n) is 3.04. The molecule has 1 rings (SSSR count). The van der Waals surface area contributed by atoms with Crippen molar-refractivity contribution in [2.24, 2.45) is 0 Å². The number of hydrogen-bond acceptors (Lipinski definition) is 1. The molecule has 1 aromatic rings. The van der Waals surface area contributed by atoms with Crippen molar-refractivity contribution in [2.45, 2.75) is 20.0 Å². The van der Waals surface area contributed by atoms with E-state index in [-0.39, 0.29) is 5.56 Å². The molecule has 0 N–H and O–H groups in total. The van der Waals surface area contributed by atoms with Crippen LogP contribution in [0.3, 0.4) is 0 Å². The zero-order chi connectivity index (χ0) is 10.9. The minimum atomic E-state index is -4.45. The first-order valence-electron chi connectivity index (χ1n) is 3.95. The van der Waals surface area contributed by atoms with Crippen LogP contribution in [0.4, 0.5) is 13.2 Å². The van der Waals surface area contributed by atoms with E-state index in [1.54, 1.807) is 13.0 Å². The molecule has 0 radical (unpaired) electrons. The van der Waals surface area contributed by atoms with Crippen molar-refractivity contribution in [2.75, 3.05) is 0 Å². The molecule has 4 heteroatoms. The summed E-state index contributed by atoms with van der Waals surface area (Å²) in [5.74, 6) is 0. The third-order valence-corrected chi connectivity index (χ3v) is 2.15. The van der Waals surface area contributed by atoms with Gasteiger partial charge in [-0.15, -0.1) is 0 Å². The van der Waals surface area contributed by atoms with Gasteiger partial charge in [0.25, 0.3) is 0 Å². The SMILES string of the molecule is Cc1ccc(C(F)(F)F)c(C#N)c1C. The molecule has 0 saturated heterocycles. The van der Waals surface area contributed by atoms with Crippen LogP contribution in [0.15, 0.2) is 12.1 Å². The van der Waals surface area contributed by atoms with E-state index in [1.165, 1.54) is 13.0 Å². The lowest BCUT2D eigenvalue weighted by molar-refractivity contribution is -0.137. The lowest BCUT2D eigenvalue weighted by Crippen LogP contribution is -2.09. The first-order chi connectivity index (χ1) is 6.38. The molecule has 0 atom stereocenters. The normalized spacial score (nSPS) is 11.1. The Kier molecular flexibility index (Phi) is 2.52. The average molecular weight is 199 g/mol. The zero-order valence-corrected chi connectivity index (χ0v) is 7.74. The summed E-state index contributed by atoms with van der Waals surface area (Å²) in [5, 5.41) is 8.64. The third-order valence-electron chi connectivity index (χ3n) is 2.15. The van der Waals surface area contributed by atoms with Crippen molar-refractivity contribution < 1.29 is 13.2 Å². The summed E-state index contributed by atoms with van der Waals surface area (Å²) in [4.78, 5) is 0. The number of rotatable bonds is 0. The van der Waals surface area contributed by atoms with E-state index in [9.17, 15) is 13.2 Å². The highest BCUT2D eigenvalue weighted by Gasteiger charge is 2.34. The lowest BCUT2D eigenvalue weighted by atomic mass is 9.98. The van der Waals surface area contributed by atoms with Gasteiger partial charge in [0.1, 0.15) is 6.07 Å². The molecule has 0 aliphatic carbocycles. The van der Waals surface area contributed by atoms with Gasteiger partial charge >= 0.3 is 6.18 Å². The smallest absolute Gasteiger partial charge is 0.192 e. The molecule has 0 bridgehead atoms. The van der Waals surface area contributed by atoms with Crippen molar-refractivity contribution in [3.63, 3.8) is 0 Å². The van der Waals surface area contributed by atoms with Gasteiger partial charge in [0, 0.05) is 0 Å². The molecule has 0 heterocycles. The molecule has 0 fully saturated rings. The molecular formula is C10H8F3N. The Morgan fingerprint density at radius 1 is 1.21 bits per heavy atom. The van der Waals surface area contributed by atoms with Crippen LogP contribution >= 0.6 is 0 Å². The summed E-state index contributed by atoms with van der Waals surface area (Å²) in [6.07, 6.45) is -4.45. The van der Waals surface area contributed by atoms with Gasteiger partial charge in [-0.25, -0.2) is 0 Å². The van der Waals surface area contributed by atoms with Gasteiger partial charge in [0.2, 0.25) is 0 Å². The Balaban J connectivity index is 3.49. The second-order valence-corrected chi connectivity index (χ2v) is 3.04. The number of aryl methyl sites for hydroxylation is 1. The summed E-state index contributed by atoms with van der Waals surface area (Å²) in [5.41, 5.74) is -0.0579. The van der Waals surface area contributed by atoms with Crippen LogP contribution in [0.1, 0.15) is 22.3 Å². The molecule has 1 nitrogen and oxygen atoms in total. The predicted molar refractivity (Wildman–Crippen MR) is 45.6 cm³/mol. The first kappa shape index (κ1) is 10.6. The zero-order valence-electron chi connectivity index (χ0n) is 7.74. The van der Waals surface area contributed by atoms with Crippen LogP contribution in [0, 0.1) is 25.2 Å². The van der Waals surface area contributed by atoms with Crippen LogP contribution in [0.5, 0.6) is 0 Å². The van der Waals surface area contributed by atoms with Gasteiger partial charge in [-0.05, 0) is 31.0 Å². The minimum absolute atomic E-state index is 0.280. The van der Waals surface area contributed by atoms with E-state index < -0.39 is 11.7 Å². The molecule has 74 valence electrons. The van der Waals surface area contributed by atoms with E-state index in [0.29, 0.717) is 11.1 Å². The Morgan fingerprint density at radius 3 is 2.21 bits per heavy atom. The molecule has 0 aliphatic heterocycles. The van der Waals surface area contributed by atoms with E-state index in [1.807, 2.05) is 0 Å². The lowest BCUT2D eigenvalue weighted by Gasteiger charge is -2.11. The fourth-order valence-electron chi connectivity index (χ4n) is 1.20. The quantitative estimate of drug-likeness (QED) is 0.629. The number of benzene rings is 1. The number of halogens is 3. The van der Waals surface area contributed by atoms with E-state index in [4.69, 9.17) is 5.26 Å². The molecule has 0 saturated carbocycles. The topological polar surface area (TPSA) is 23.8 Å². The maximum Gasteiger partial charge on any atom is 0.417 e. The van der Waals surface area contributed by atoms with Gasteiger partial charge in [-0.2, -0.15) is 18.4 Å². The monoisotopic (exact) mass is 199 g/mol. The van der Waals surface area contributed by atoms with Gasteiger partial charge in [0.15, 0.2) is 0 Å². The number of nitrogens with zero attached hydrogens (tertiary/aromatic N) is 1. The predicted octanol–water partition coefficient (Wildman–Crippen LogP) is 3.19. The Labute approximate surface area is 79.8 Å². The molecule has 1 aromatic carbocycles. The summed E-state index contributed by atoms with van der Waals surface area (Å²) < 4.78 is 37.2. The highest BCUT2D eigenvalue weighted by molar-refractivity contribution is 5.48. The van der Waals surface area contributed by atoms with Crippen LogP contribution in [0.25, 0.3) is 0 Å². The number of hydrogen-bond donors (Lipinski definition) is 0. The molecular weight excluding hydrogens is 191 g/mol. The average Bonchev–Trinajstić information content (AvgIpc) is 2.07. The number of alkyl halides is 3. The summed E-state index contributed by atoms with van der Waals surface area (Å²) in [7, 11) is 0. The van der Waals surface area contributed by atoms with Crippen LogP contribution in [-0.2, 0) is 6.18 Å². The summed E-state index contributed by atoms with van der Waals surface area (Å²) in [6.45, 7) is 3.19. The highest BCUT2D eigenvalue weighted by Crippen LogP contribution is 2.33. The molecule has 0 aromatic heterocycles. The van der Waals surface area contributed by atoms with Gasteiger partial charge < -0.3 is 0 Å². The van der Waals surface area contributed by atoms with Crippen molar-refractivity contribution in [3.8, 4) is 6.07 Å². The molecule has 0 unspecified atom stereocenters. The minimum Gasteiger partial charge on any atom is -0.192 e.